The van der Waals surface area contributed by atoms with Crippen LogP contribution in [0.2, 0.25) is 0 Å². The molecule has 0 aliphatic rings. The van der Waals surface area contributed by atoms with Crippen LogP contribution in [0, 0.1) is 0 Å². The summed E-state index contributed by atoms with van der Waals surface area (Å²) in [7, 11) is -6.62. The maximum atomic E-state index is 10.8. The van der Waals surface area contributed by atoms with Crippen LogP contribution in [0.5, 0.6) is 0 Å². The van der Waals surface area contributed by atoms with E-state index in [1.165, 1.54) is 0 Å². The topological polar surface area (TPSA) is 107 Å². The van der Waals surface area contributed by atoms with E-state index in [0.29, 0.717) is 0 Å². The Morgan fingerprint density at radius 2 is 0.857 bits per heavy atom. The molecule has 0 unspecified atom stereocenters. The average molecular weight is 445 g/mol. The molecule has 0 radical (unpaired) electrons. The second kappa shape index (κ2) is 16.6. The van der Waals surface area contributed by atoms with Gasteiger partial charge in [0.1, 0.15) is 0 Å². The highest BCUT2D eigenvalue weighted by Crippen LogP contribution is 2.14. The number of aliphatic hydroxyl groups is 1. The molecular weight excluding hydrogens is 404 g/mol. The second-order valence-corrected chi connectivity index (χ2v) is 10.8. The number of aliphatic hydroxyl groups excluding tert-OH is 1. The third kappa shape index (κ3) is 23.8. The molecule has 0 saturated heterocycles. The van der Waals surface area contributed by atoms with Crippen molar-refractivity contribution in [2.45, 2.75) is 96.0 Å². The summed E-state index contributed by atoms with van der Waals surface area (Å²) in [6.45, 7) is 0.540. The molecule has 0 atom stereocenters. The van der Waals surface area contributed by atoms with Crippen LogP contribution in [0.15, 0.2) is 0 Å². The van der Waals surface area contributed by atoms with Crippen molar-refractivity contribution in [1.29, 1.82) is 0 Å². The lowest BCUT2D eigenvalue weighted by Gasteiger charge is -2.10. The van der Waals surface area contributed by atoms with Crippen LogP contribution in [0.3, 0.4) is 0 Å². The lowest BCUT2D eigenvalue weighted by Crippen LogP contribution is -2.06. The van der Waals surface area contributed by atoms with Gasteiger partial charge in [-0.15, -0.1) is 0 Å². The Labute approximate surface area is 172 Å². The van der Waals surface area contributed by atoms with Gasteiger partial charge in [0.25, 0.3) is 20.2 Å². The van der Waals surface area contributed by atoms with Crippen molar-refractivity contribution in [3.8, 4) is 0 Å². The first-order valence-electron chi connectivity index (χ1n) is 10.5. The van der Waals surface area contributed by atoms with Gasteiger partial charge in [-0.05, 0) is 25.7 Å². The summed E-state index contributed by atoms with van der Waals surface area (Å²) < 4.78 is 52.6. The lowest BCUT2D eigenvalue weighted by molar-refractivity contribution is 0.147. The van der Waals surface area contributed by atoms with Crippen molar-refractivity contribution >= 4 is 20.2 Å². The summed E-state index contributed by atoms with van der Waals surface area (Å²) >= 11 is 0. The molecule has 0 aliphatic carbocycles. The Kier molecular flexibility index (Phi) is 16.4. The first kappa shape index (κ1) is 27.8. The van der Waals surface area contributed by atoms with Gasteiger partial charge in [-0.1, -0.05) is 64.2 Å². The van der Waals surface area contributed by atoms with Gasteiger partial charge in [0.05, 0.1) is 31.8 Å². The Bertz CT molecular complexity index is 509. The van der Waals surface area contributed by atoms with E-state index in [1.807, 2.05) is 0 Å². The Balaban J connectivity index is 3.28. The smallest absolute Gasteiger partial charge is 0.264 e. The zero-order chi connectivity index (χ0) is 21.3. The molecule has 0 aromatic rings. The molecule has 0 fully saturated rings. The van der Waals surface area contributed by atoms with E-state index in [0.717, 1.165) is 102 Å². The van der Waals surface area contributed by atoms with Crippen LogP contribution in [-0.4, -0.2) is 53.8 Å². The van der Waals surface area contributed by atoms with E-state index in [-0.39, 0.29) is 19.3 Å². The SMILES string of the molecule is CS(=O)(=O)OCCCCCCCCC(O)CCCCCCCCOS(C)(=O)=O. The number of rotatable bonds is 20. The normalized spacial score (nSPS) is 12.7. The van der Waals surface area contributed by atoms with Gasteiger partial charge in [-0.2, -0.15) is 16.8 Å². The van der Waals surface area contributed by atoms with E-state index < -0.39 is 20.2 Å². The maximum absolute atomic E-state index is 10.8. The molecule has 0 bridgehead atoms. The van der Waals surface area contributed by atoms with E-state index in [4.69, 9.17) is 8.37 Å². The molecule has 0 spiro atoms. The monoisotopic (exact) mass is 444 g/mol. The minimum absolute atomic E-state index is 0.216. The summed E-state index contributed by atoms with van der Waals surface area (Å²) in [5.74, 6) is 0. The van der Waals surface area contributed by atoms with Gasteiger partial charge >= 0.3 is 0 Å². The molecule has 1 N–H and O–H groups in total. The van der Waals surface area contributed by atoms with Crippen LogP contribution in [-0.2, 0) is 28.6 Å². The molecule has 9 heteroatoms. The quantitative estimate of drug-likeness (QED) is 0.225. The van der Waals surface area contributed by atoms with Gasteiger partial charge in [-0.3, -0.25) is 8.37 Å². The standard InChI is InChI=1S/C19H40O7S2/c1-27(21,22)25-17-13-9-5-3-7-11-15-19(20)16-12-8-4-6-10-14-18-26-28(2,23)24/h19-20H,3-18H2,1-2H3. The van der Waals surface area contributed by atoms with Crippen LogP contribution in [0.1, 0.15) is 89.9 Å². The molecule has 0 rings (SSSR count). The van der Waals surface area contributed by atoms with Crippen molar-refractivity contribution in [3.05, 3.63) is 0 Å². The molecule has 0 heterocycles. The summed E-state index contributed by atoms with van der Waals surface area (Å²) in [6.07, 6.45) is 15.7. The largest absolute Gasteiger partial charge is 0.393 e. The molecule has 0 aromatic carbocycles. The predicted octanol–water partition coefficient (Wildman–Crippen LogP) is 3.76. The number of hydrogen-bond acceptors (Lipinski definition) is 7. The van der Waals surface area contributed by atoms with Crippen molar-refractivity contribution < 1.29 is 30.3 Å². The van der Waals surface area contributed by atoms with Crippen LogP contribution in [0.4, 0.5) is 0 Å². The summed E-state index contributed by atoms with van der Waals surface area (Å²) in [5, 5.41) is 10.0. The molecule has 0 amide bonds. The average Bonchev–Trinajstić information content (AvgIpc) is 2.57. The van der Waals surface area contributed by atoms with Crippen LogP contribution in [0.25, 0.3) is 0 Å². The molecule has 28 heavy (non-hydrogen) atoms. The third-order valence-electron chi connectivity index (χ3n) is 4.46. The Hall–Kier alpha value is -0.220. The highest BCUT2D eigenvalue weighted by molar-refractivity contribution is 7.86. The van der Waals surface area contributed by atoms with E-state index in [2.05, 4.69) is 0 Å². The van der Waals surface area contributed by atoms with Gasteiger partial charge in [-0.25, -0.2) is 0 Å². The summed E-state index contributed by atoms with van der Waals surface area (Å²) in [4.78, 5) is 0. The highest BCUT2D eigenvalue weighted by atomic mass is 32.2. The summed E-state index contributed by atoms with van der Waals surface area (Å²) in [6, 6.07) is 0. The Morgan fingerprint density at radius 3 is 1.18 bits per heavy atom. The molecule has 0 aromatic heterocycles. The van der Waals surface area contributed by atoms with Crippen molar-refractivity contribution in [2.75, 3.05) is 25.7 Å². The van der Waals surface area contributed by atoms with Gasteiger partial charge in [0, 0.05) is 0 Å². The highest BCUT2D eigenvalue weighted by Gasteiger charge is 2.05. The fraction of sp³-hybridized carbons (Fsp3) is 1.00. The molecule has 170 valence electrons. The lowest BCUT2D eigenvalue weighted by atomic mass is 10.0. The zero-order valence-electron chi connectivity index (χ0n) is 17.6. The number of hydrogen-bond donors (Lipinski definition) is 1. The molecule has 7 nitrogen and oxygen atoms in total. The van der Waals surface area contributed by atoms with E-state index in [9.17, 15) is 21.9 Å². The maximum Gasteiger partial charge on any atom is 0.264 e. The first-order chi connectivity index (χ1) is 13.1. The van der Waals surface area contributed by atoms with Gasteiger partial charge in [0.2, 0.25) is 0 Å². The predicted molar refractivity (Wildman–Crippen MR) is 112 cm³/mol. The van der Waals surface area contributed by atoms with E-state index >= 15 is 0 Å². The van der Waals surface area contributed by atoms with Crippen molar-refractivity contribution in [2.24, 2.45) is 0 Å². The fourth-order valence-electron chi connectivity index (χ4n) is 2.94. The number of unbranched alkanes of at least 4 members (excludes halogenated alkanes) is 10. The molecule has 0 aliphatic heterocycles. The van der Waals surface area contributed by atoms with Crippen LogP contribution < -0.4 is 0 Å². The van der Waals surface area contributed by atoms with Crippen molar-refractivity contribution in [3.63, 3.8) is 0 Å². The minimum Gasteiger partial charge on any atom is -0.393 e. The molecular formula is C19H40O7S2. The summed E-state index contributed by atoms with van der Waals surface area (Å²) in [5.41, 5.74) is 0. The second-order valence-electron chi connectivity index (χ2n) is 7.53. The fourth-order valence-corrected chi connectivity index (χ4v) is 3.78. The van der Waals surface area contributed by atoms with Gasteiger partial charge < -0.3 is 5.11 Å². The Morgan fingerprint density at radius 1 is 0.571 bits per heavy atom. The van der Waals surface area contributed by atoms with E-state index in [1.54, 1.807) is 0 Å². The van der Waals surface area contributed by atoms with Crippen LogP contribution >= 0.6 is 0 Å². The third-order valence-corrected chi connectivity index (χ3v) is 5.65. The van der Waals surface area contributed by atoms with Gasteiger partial charge in [0.15, 0.2) is 0 Å². The van der Waals surface area contributed by atoms with Crippen molar-refractivity contribution in [1.82, 2.24) is 0 Å². The minimum atomic E-state index is -3.31. The molecule has 0 saturated carbocycles. The first-order valence-corrected chi connectivity index (χ1v) is 14.1. The zero-order valence-corrected chi connectivity index (χ0v) is 19.2.